The predicted octanol–water partition coefficient (Wildman–Crippen LogP) is 3.57. The number of rotatable bonds is 5. The quantitative estimate of drug-likeness (QED) is 0.622. The molecule has 0 saturated heterocycles. The van der Waals surface area contributed by atoms with Crippen LogP contribution in [0.5, 0.6) is 17.2 Å². The maximum atomic E-state index is 12.2. The van der Waals surface area contributed by atoms with Crippen LogP contribution in [-0.2, 0) is 0 Å². The van der Waals surface area contributed by atoms with E-state index in [4.69, 9.17) is 14.2 Å². The molecule has 2 rings (SSSR count). The largest absolute Gasteiger partial charge is 0.493 e. The fraction of sp³-hybridized carbons (Fsp3) is 0.118. The molecule has 0 amide bonds. The van der Waals surface area contributed by atoms with Gasteiger partial charge in [-0.3, -0.25) is 0 Å². The average molecular weight is 284 g/mol. The highest BCUT2D eigenvalue weighted by Gasteiger charge is 2.16. The first-order valence-electron chi connectivity index (χ1n) is 6.35. The van der Waals surface area contributed by atoms with Crippen LogP contribution < -0.4 is 14.2 Å². The van der Waals surface area contributed by atoms with E-state index in [1.165, 1.54) is 14.2 Å². The highest BCUT2D eigenvalue weighted by molar-refractivity contribution is 5.92. The lowest BCUT2D eigenvalue weighted by Crippen LogP contribution is -2.10. The second-order valence-electron chi connectivity index (χ2n) is 4.21. The summed E-state index contributed by atoms with van der Waals surface area (Å²) in [6.45, 7) is 3.67. The number of ether oxygens (including phenoxy) is 3. The monoisotopic (exact) mass is 284 g/mol. The van der Waals surface area contributed by atoms with Gasteiger partial charge in [0.15, 0.2) is 11.5 Å². The molecule has 0 bridgehead atoms. The molecule has 0 aliphatic rings. The normalized spacial score (nSPS) is 9.81. The average Bonchev–Trinajstić information content (AvgIpc) is 2.55. The van der Waals surface area contributed by atoms with Crippen LogP contribution in [0.2, 0.25) is 0 Å². The first kappa shape index (κ1) is 14.7. The van der Waals surface area contributed by atoms with E-state index >= 15 is 0 Å². The van der Waals surface area contributed by atoms with E-state index in [-0.39, 0.29) is 5.75 Å². The zero-order valence-electron chi connectivity index (χ0n) is 12.0. The Morgan fingerprint density at radius 1 is 1.00 bits per heavy atom. The third kappa shape index (κ3) is 3.23. The Morgan fingerprint density at radius 3 is 2.05 bits per heavy atom. The van der Waals surface area contributed by atoms with Crippen molar-refractivity contribution in [2.45, 2.75) is 0 Å². The topological polar surface area (TPSA) is 44.8 Å². The lowest BCUT2D eigenvalue weighted by Gasteiger charge is -2.12. The van der Waals surface area contributed by atoms with E-state index in [1.54, 1.807) is 48.5 Å². The molecule has 0 N–H and O–H groups in total. The van der Waals surface area contributed by atoms with Crippen molar-refractivity contribution in [3.8, 4) is 17.2 Å². The molecule has 21 heavy (non-hydrogen) atoms. The minimum Gasteiger partial charge on any atom is -0.493 e. The zero-order valence-corrected chi connectivity index (χ0v) is 12.0. The second-order valence-corrected chi connectivity index (χ2v) is 4.21. The lowest BCUT2D eigenvalue weighted by atomic mass is 10.1. The molecule has 0 fully saturated rings. The van der Waals surface area contributed by atoms with Crippen molar-refractivity contribution in [1.29, 1.82) is 0 Å². The van der Waals surface area contributed by atoms with E-state index < -0.39 is 5.97 Å². The van der Waals surface area contributed by atoms with Crippen LogP contribution in [0.3, 0.4) is 0 Å². The molecule has 108 valence electrons. The Morgan fingerprint density at radius 2 is 1.57 bits per heavy atom. The van der Waals surface area contributed by atoms with Gasteiger partial charge in [-0.2, -0.15) is 0 Å². The summed E-state index contributed by atoms with van der Waals surface area (Å²) < 4.78 is 15.8. The molecular formula is C17H16O4. The van der Waals surface area contributed by atoms with Crippen molar-refractivity contribution in [2.24, 2.45) is 0 Å². The van der Waals surface area contributed by atoms with Crippen molar-refractivity contribution in [3.05, 3.63) is 60.2 Å². The number of methoxy groups -OCH3 is 2. The standard InChI is InChI=1S/C17H16O4/c1-4-12-8-10-13(11-9-12)17(18)21-16-14(19-2)6-5-7-15(16)20-3/h4-11H,1H2,2-3H3. The van der Waals surface area contributed by atoms with Crippen LogP contribution in [0.1, 0.15) is 15.9 Å². The number of hydrogen-bond acceptors (Lipinski definition) is 4. The van der Waals surface area contributed by atoms with Gasteiger partial charge >= 0.3 is 5.97 Å². The molecule has 4 nitrogen and oxygen atoms in total. The molecule has 0 aliphatic carbocycles. The molecule has 2 aromatic rings. The molecule has 0 saturated carbocycles. The summed E-state index contributed by atoms with van der Waals surface area (Å²) in [5.41, 5.74) is 1.37. The Hall–Kier alpha value is -2.75. The van der Waals surface area contributed by atoms with E-state index in [0.717, 1.165) is 5.56 Å². The number of hydrogen-bond donors (Lipinski definition) is 0. The fourth-order valence-corrected chi connectivity index (χ4v) is 1.82. The molecule has 0 aliphatic heterocycles. The third-order valence-electron chi connectivity index (χ3n) is 2.96. The SMILES string of the molecule is C=Cc1ccc(C(=O)Oc2c(OC)cccc2OC)cc1. The van der Waals surface area contributed by atoms with Crippen molar-refractivity contribution in [3.63, 3.8) is 0 Å². The first-order chi connectivity index (χ1) is 10.2. The number of para-hydroxylation sites is 1. The summed E-state index contributed by atoms with van der Waals surface area (Å²) in [5.74, 6) is 0.657. The Balaban J connectivity index is 2.28. The Bertz CT molecular complexity index is 622. The van der Waals surface area contributed by atoms with Gasteiger partial charge in [-0.25, -0.2) is 4.79 Å². The Labute approximate surface area is 123 Å². The lowest BCUT2D eigenvalue weighted by molar-refractivity contribution is 0.0724. The number of carbonyl (C=O) groups excluding carboxylic acids is 1. The van der Waals surface area contributed by atoms with Crippen LogP contribution >= 0.6 is 0 Å². The van der Waals surface area contributed by atoms with E-state index in [9.17, 15) is 4.79 Å². The van der Waals surface area contributed by atoms with Gasteiger partial charge < -0.3 is 14.2 Å². The molecular weight excluding hydrogens is 268 g/mol. The van der Waals surface area contributed by atoms with Gasteiger partial charge in [0.05, 0.1) is 19.8 Å². The van der Waals surface area contributed by atoms with Gasteiger partial charge in [0.25, 0.3) is 0 Å². The smallest absolute Gasteiger partial charge is 0.343 e. The van der Waals surface area contributed by atoms with Crippen LogP contribution in [0.25, 0.3) is 6.08 Å². The van der Waals surface area contributed by atoms with Gasteiger partial charge in [0.1, 0.15) is 0 Å². The van der Waals surface area contributed by atoms with Gasteiger partial charge in [-0.05, 0) is 29.8 Å². The molecule has 0 atom stereocenters. The minimum absolute atomic E-state index is 0.264. The van der Waals surface area contributed by atoms with Crippen LogP contribution in [-0.4, -0.2) is 20.2 Å². The summed E-state index contributed by atoms with van der Waals surface area (Å²) in [5, 5.41) is 0. The molecule has 0 radical (unpaired) electrons. The fourth-order valence-electron chi connectivity index (χ4n) is 1.82. The van der Waals surface area contributed by atoms with E-state index in [0.29, 0.717) is 17.1 Å². The van der Waals surface area contributed by atoms with Gasteiger partial charge in [0, 0.05) is 0 Å². The predicted molar refractivity (Wildman–Crippen MR) is 81.0 cm³/mol. The summed E-state index contributed by atoms with van der Waals surface area (Å²) in [6, 6.07) is 12.1. The maximum absolute atomic E-state index is 12.2. The van der Waals surface area contributed by atoms with Gasteiger partial charge in [0.2, 0.25) is 5.75 Å². The van der Waals surface area contributed by atoms with Gasteiger partial charge in [-0.15, -0.1) is 0 Å². The van der Waals surface area contributed by atoms with Crippen molar-refractivity contribution in [1.82, 2.24) is 0 Å². The Kier molecular flexibility index (Phi) is 4.61. The highest BCUT2D eigenvalue weighted by atomic mass is 16.6. The second kappa shape index (κ2) is 6.61. The molecule has 0 spiro atoms. The summed E-state index contributed by atoms with van der Waals surface area (Å²) >= 11 is 0. The summed E-state index contributed by atoms with van der Waals surface area (Å²) in [4.78, 5) is 12.2. The molecule has 2 aromatic carbocycles. The molecule has 0 unspecified atom stereocenters. The van der Waals surface area contributed by atoms with Gasteiger partial charge in [-0.1, -0.05) is 30.9 Å². The van der Waals surface area contributed by atoms with Crippen LogP contribution in [0.4, 0.5) is 0 Å². The third-order valence-corrected chi connectivity index (χ3v) is 2.96. The van der Waals surface area contributed by atoms with E-state index in [2.05, 4.69) is 6.58 Å². The number of carbonyl (C=O) groups is 1. The maximum Gasteiger partial charge on any atom is 0.343 e. The zero-order chi connectivity index (χ0) is 15.2. The minimum atomic E-state index is -0.478. The van der Waals surface area contributed by atoms with Crippen molar-refractivity contribution in [2.75, 3.05) is 14.2 Å². The number of esters is 1. The summed E-state index contributed by atoms with van der Waals surface area (Å²) in [7, 11) is 3.01. The van der Waals surface area contributed by atoms with Crippen LogP contribution in [0, 0.1) is 0 Å². The summed E-state index contributed by atoms with van der Waals surface area (Å²) in [6.07, 6.45) is 1.71. The first-order valence-corrected chi connectivity index (χ1v) is 6.35. The van der Waals surface area contributed by atoms with E-state index in [1.807, 2.05) is 0 Å². The number of benzene rings is 2. The highest BCUT2D eigenvalue weighted by Crippen LogP contribution is 2.37. The van der Waals surface area contributed by atoms with Crippen molar-refractivity contribution < 1.29 is 19.0 Å². The molecule has 0 aromatic heterocycles. The van der Waals surface area contributed by atoms with Crippen LogP contribution in [0.15, 0.2) is 49.0 Å². The molecule has 4 heteroatoms. The van der Waals surface area contributed by atoms with Crippen molar-refractivity contribution >= 4 is 12.0 Å². The molecule has 0 heterocycles.